The van der Waals surface area contributed by atoms with E-state index in [1.54, 1.807) is 18.2 Å². The number of nitro benzene ring substituents is 2. The Labute approximate surface area is 229 Å². The topological polar surface area (TPSA) is 167 Å². The SMILES string of the molecule is CCN(CCC#N)c1ccc(N=Nc2c(Br)cc([N+](=O)[O-])cc2[N+](=O)[O-])c(NC(=O)C(CC)(CC)CC)c1. The maximum Gasteiger partial charge on any atom is 0.304 e. The smallest absolute Gasteiger partial charge is 0.304 e. The van der Waals surface area contributed by atoms with E-state index in [1.165, 1.54) is 0 Å². The number of rotatable bonds is 13. The first-order chi connectivity index (χ1) is 18.1. The van der Waals surface area contributed by atoms with Crippen LogP contribution >= 0.6 is 15.9 Å². The Hall–Kier alpha value is -3.92. The lowest BCUT2D eigenvalue weighted by molar-refractivity contribution is -0.393. The molecule has 13 heteroatoms. The first kappa shape index (κ1) is 30.3. The number of anilines is 2. The molecule has 202 valence electrons. The zero-order valence-electron chi connectivity index (χ0n) is 21.7. The molecule has 0 aliphatic rings. The minimum absolute atomic E-state index is 0.0278. The highest BCUT2D eigenvalue weighted by Crippen LogP contribution is 2.41. The maximum atomic E-state index is 13.4. The van der Waals surface area contributed by atoms with Crippen molar-refractivity contribution >= 4 is 56.0 Å². The van der Waals surface area contributed by atoms with Crippen molar-refractivity contribution < 1.29 is 14.6 Å². The predicted molar refractivity (Wildman–Crippen MR) is 148 cm³/mol. The van der Waals surface area contributed by atoms with Gasteiger partial charge in [-0.25, -0.2) is 0 Å². The summed E-state index contributed by atoms with van der Waals surface area (Å²) in [5.74, 6) is -0.179. The van der Waals surface area contributed by atoms with Gasteiger partial charge in [-0.05, 0) is 60.3 Å². The lowest BCUT2D eigenvalue weighted by Gasteiger charge is -2.29. The fourth-order valence-corrected chi connectivity index (χ4v) is 4.58. The van der Waals surface area contributed by atoms with Crippen LogP contribution in [0.4, 0.5) is 34.1 Å². The van der Waals surface area contributed by atoms with E-state index >= 15 is 0 Å². The molecular formula is C25H30BrN7O5. The summed E-state index contributed by atoms with van der Waals surface area (Å²) < 4.78 is 0.0278. The van der Waals surface area contributed by atoms with E-state index in [0.29, 0.717) is 44.5 Å². The van der Waals surface area contributed by atoms with Crippen LogP contribution in [0.1, 0.15) is 53.4 Å². The Morgan fingerprint density at radius 3 is 2.26 bits per heavy atom. The van der Waals surface area contributed by atoms with Gasteiger partial charge >= 0.3 is 5.69 Å². The molecule has 0 aliphatic heterocycles. The van der Waals surface area contributed by atoms with E-state index in [-0.39, 0.29) is 21.8 Å². The molecule has 12 nitrogen and oxygen atoms in total. The Morgan fingerprint density at radius 2 is 1.74 bits per heavy atom. The molecule has 0 bridgehead atoms. The number of amides is 1. The molecule has 0 saturated carbocycles. The first-order valence-corrected chi connectivity index (χ1v) is 13.0. The summed E-state index contributed by atoms with van der Waals surface area (Å²) in [5.41, 5.74) is -0.483. The molecule has 0 aromatic heterocycles. The zero-order valence-corrected chi connectivity index (χ0v) is 23.3. The Bertz CT molecular complexity index is 1260. The molecule has 2 aromatic carbocycles. The molecule has 0 atom stereocenters. The van der Waals surface area contributed by atoms with Crippen LogP contribution in [0.15, 0.2) is 45.0 Å². The fourth-order valence-electron chi connectivity index (χ4n) is 4.07. The number of azo groups is 1. The van der Waals surface area contributed by atoms with E-state index in [0.717, 1.165) is 17.8 Å². The molecule has 1 N–H and O–H groups in total. The van der Waals surface area contributed by atoms with Crippen molar-refractivity contribution in [1.29, 1.82) is 5.26 Å². The van der Waals surface area contributed by atoms with E-state index in [1.807, 2.05) is 32.6 Å². The van der Waals surface area contributed by atoms with Gasteiger partial charge in [-0.3, -0.25) is 25.0 Å². The number of non-ortho nitro benzene ring substituents is 1. The third kappa shape index (κ3) is 6.89. The van der Waals surface area contributed by atoms with Crippen molar-refractivity contribution in [2.75, 3.05) is 23.3 Å². The molecule has 0 saturated heterocycles. The molecule has 1 amide bonds. The van der Waals surface area contributed by atoms with Crippen molar-refractivity contribution in [2.45, 2.75) is 53.4 Å². The maximum absolute atomic E-state index is 13.4. The van der Waals surface area contributed by atoms with Gasteiger partial charge in [-0.15, -0.1) is 10.2 Å². The minimum Gasteiger partial charge on any atom is -0.371 e. The van der Waals surface area contributed by atoms with Crippen LogP contribution < -0.4 is 10.2 Å². The molecule has 0 fully saturated rings. The van der Waals surface area contributed by atoms with Crippen molar-refractivity contribution in [3.05, 3.63) is 55.0 Å². The lowest BCUT2D eigenvalue weighted by atomic mass is 9.79. The van der Waals surface area contributed by atoms with Gasteiger partial charge in [0.25, 0.3) is 5.69 Å². The number of hydrogen-bond donors (Lipinski definition) is 1. The largest absolute Gasteiger partial charge is 0.371 e. The zero-order chi connectivity index (χ0) is 28.5. The number of benzene rings is 2. The van der Waals surface area contributed by atoms with Crippen LogP contribution in [-0.4, -0.2) is 28.8 Å². The normalized spacial score (nSPS) is 11.3. The van der Waals surface area contributed by atoms with Crippen molar-refractivity contribution in [1.82, 2.24) is 0 Å². The molecule has 0 heterocycles. The van der Waals surface area contributed by atoms with E-state index < -0.39 is 26.6 Å². The van der Waals surface area contributed by atoms with E-state index in [4.69, 9.17) is 5.26 Å². The number of hydrogen-bond acceptors (Lipinski definition) is 9. The van der Waals surface area contributed by atoms with Crippen LogP contribution in [0.3, 0.4) is 0 Å². The highest BCUT2D eigenvalue weighted by Gasteiger charge is 2.33. The quantitative estimate of drug-likeness (QED) is 0.143. The number of carbonyl (C=O) groups is 1. The first-order valence-electron chi connectivity index (χ1n) is 12.2. The second-order valence-corrected chi connectivity index (χ2v) is 9.35. The molecular weight excluding hydrogens is 558 g/mol. The van der Waals surface area contributed by atoms with E-state index in [2.05, 4.69) is 37.5 Å². The van der Waals surface area contributed by atoms with Crippen molar-refractivity contribution in [2.24, 2.45) is 15.6 Å². The van der Waals surface area contributed by atoms with Crippen molar-refractivity contribution in [3.63, 3.8) is 0 Å². The highest BCUT2D eigenvalue weighted by atomic mass is 79.9. The molecule has 2 rings (SSSR count). The van der Waals surface area contributed by atoms with Gasteiger partial charge < -0.3 is 10.2 Å². The third-order valence-electron chi connectivity index (χ3n) is 6.67. The van der Waals surface area contributed by atoms with Gasteiger partial charge in [0.1, 0.15) is 5.69 Å². The molecule has 0 unspecified atom stereocenters. The molecule has 0 aliphatic carbocycles. The molecule has 0 spiro atoms. The Morgan fingerprint density at radius 1 is 1.08 bits per heavy atom. The van der Waals surface area contributed by atoms with Crippen LogP contribution in [0.5, 0.6) is 0 Å². The second kappa shape index (κ2) is 13.6. The fraction of sp³-hybridized carbons (Fsp3) is 0.440. The molecule has 38 heavy (non-hydrogen) atoms. The summed E-state index contributed by atoms with van der Waals surface area (Å²) in [7, 11) is 0. The van der Waals surface area contributed by atoms with Crippen LogP contribution in [0.2, 0.25) is 0 Å². The van der Waals surface area contributed by atoms with Crippen LogP contribution in [-0.2, 0) is 4.79 Å². The predicted octanol–water partition coefficient (Wildman–Crippen LogP) is 7.58. The summed E-state index contributed by atoms with van der Waals surface area (Å²) in [6.07, 6.45) is 2.22. The van der Waals surface area contributed by atoms with Gasteiger partial charge in [0.05, 0.1) is 38.6 Å². The van der Waals surface area contributed by atoms with Gasteiger partial charge in [0, 0.05) is 30.3 Å². The Kier molecular flexibility index (Phi) is 10.8. The second-order valence-electron chi connectivity index (χ2n) is 8.49. The highest BCUT2D eigenvalue weighted by molar-refractivity contribution is 9.10. The summed E-state index contributed by atoms with van der Waals surface area (Å²) in [6, 6.07) is 9.17. The van der Waals surface area contributed by atoms with Gasteiger partial charge in [-0.2, -0.15) is 5.26 Å². The van der Waals surface area contributed by atoms with Gasteiger partial charge in [0.15, 0.2) is 5.69 Å². The summed E-state index contributed by atoms with van der Waals surface area (Å²) in [5, 5.41) is 42.9. The number of nitro groups is 2. The number of nitriles is 1. The molecule has 2 aromatic rings. The monoisotopic (exact) mass is 587 g/mol. The average Bonchev–Trinajstić information content (AvgIpc) is 2.90. The Balaban J connectivity index is 2.63. The summed E-state index contributed by atoms with van der Waals surface area (Å²) in [6.45, 7) is 8.93. The third-order valence-corrected chi connectivity index (χ3v) is 7.28. The summed E-state index contributed by atoms with van der Waals surface area (Å²) >= 11 is 3.12. The van der Waals surface area contributed by atoms with E-state index in [9.17, 15) is 25.0 Å². The van der Waals surface area contributed by atoms with Crippen LogP contribution in [0, 0.1) is 37.0 Å². The molecule has 0 radical (unpaired) electrons. The van der Waals surface area contributed by atoms with Crippen LogP contribution in [0.25, 0.3) is 0 Å². The number of nitrogens with one attached hydrogen (secondary N) is 1. The lowest BCUT2D eigenvalue weighted by Crippen LogP contribution is -2.34. The summed E-state index contributed by atoms with van der Waals surface area (Å²) in [4.78, 5) is 36.6. The number of carbonyl (C=O) groups excluding carboxylic acids is 1. The average molecular weight is 588 g/mol. The minimum atomic E-state index is -0.773. The number of halogens is 1. The van der Waals surface area contributed by atoms with Gasteiger partial charge in [-0.1, -0.05) is 20.8 Å². The number of nitrogens with zero attached hydrogens (tertiary/aromatic N) is 6. The standard InChI is InChI=1S/C25H30BrN7O5/c1-5-25(6-2,7-3)24(34)28-21-15-17(31(8-4)13-9-12-27)10-11-20(21)29-30-23-19(26)14-18(32(35)36)16-22(23)33(37)38/h10-11,14-16H,5-9,13H2,1-4H3,(H,28,34). The van der Waals surface area contributed by atoms with Gasteiger partial charge in [0.2, 0.25) is 5.91 Å². The van der Waals surface area contributed by atoms with Crippen molar-refractivity contribution in [3.8, 4) is 6.07 Å².